The van der Waals surface area contributed by atoms with E-state index in [0.29, 0.717) is 0 Å². The summed E-state index contributed by atoms with van der Waals surface area (Å²) in [6.45, 7) is 5.82. The highest BCUT2D eigenvalue weighted by Gasteiger charge is 2.33. The summed E-state index contributed by atoms with van der Waals surface area (Å²) in [5, 5.41) is 0. The summed E-state index contributed by atoms with van der Waals surface area (Å²) in [4.78, 5) is 12.3. The van der Waals surface area contributed by atoms with E-state index in [1.54, 1.807) is 6.92 Å². The van der Waals surface area contributed by atoms with Crippen LogP contribution < -0.4 is 0 Å². The molecule has 0 bridgehead atoms. The zero-order valence-corrected chi connectivity index (χ0v) is 11.8. The van der Waals surface area contributed by atoms with E-state index in [-0.39, 0.29) is 5.78 Å². The number of benzene rings is 2. The van der Waals surface area contributed by atoms with Crippen LogP contribution in [-0.2, 0) is 16.6 Å². The van der Waals surface area contributed by atoms with Crippen molar-refractivity contribution < 1.29 is 4.79 Å². The molecule has 0 aliphatic carbocycles. The Labute approximate surface area is 115 Å². The Hall–Kier alpha value is -1.89. The van der Waals surface area contributed by atoms with Gasteiger partial charge in [-0.2, -0.15) is 0 Å². The van der Waals surface area contributed by atoms with Crippen LogP contribution in [0, 0.1) is 0 Å². The lowest BCUT2D eigenvalue weighted by Gasteiger charge is -2.28. The van der Waals surface area contributed by atoms with Gasteiger partial charge in [0.1, 0.15) is 5.78 Å². The maximum atomic E-state index is 12.3. The van der Waals surface area contributed by atoms with Gasteiger partial charge >= 0.3 is 0 Å². The molecule has 1 heteroatoms. The molecule has 0 aromatic heterocycles. The molecule has 0 saturated carbocycles. The lowest BCUT2D eigenvalue weighted by Crippen LogP contribution is -2.32. The van der Waals surface area contributed by atoms with Crippen LogP contribution in [0.2, 0.25) is 0 Å². The number of Topliss-reactive ketones (excluding diaryl/α,β-unsaturated/α-hetero) is 1. The molecule has 1 unspecified atom stereocenters. The van der Waals surface area contributed by atoms with Crippen molar-refractivity contribution in [2.75, 3.05) is 0 Å². The van der Waals surface area contributed by atoms with Crippen molar-refractivity contribution in [3.8, 4) is 0 Å². The van der Waals surface area contributed by atoms with Crippen molar-refractivity contribution in [1.82, 2.24) is 0 Å². The van der Waals surface area contributed by atoms with Gasteiger partial charge in [0.2, 0.25) is 0 Å². The fourth-order valence-corrected chi connectivity index (χ4v) is 2.45. The van der Waals surface area contributed by atoms with Crippen molar-refractivity contribution in [2.24, 2.45) is 0 Å². The molecular weight excluding hydrogens is 232 g/mol. The van der Waals surface area contributed by atoms with Gasteiger partial charge in [-0.15, -0.1) is 0 Å². The maximum absolute atomic E-state index is 12.3. The molecule has 0 fully saturated rings. The van der Waals surface area contributed by atoms with E-state index in [1.807, 2.05) is 49.4 Å². The Morgan fingerprint density at radius 2 is 1.63 bits per heavy atom. The van der Waals surface area contributed by atoms with Crippen molar-refractivity contribution in [3.05, 3.63) is 71.3 Å². The van der Waals surface area contributed by atoms with Gasteiger partial charge in [-0.05, 0) is 37.0 Å². The molecule has 0 heterocycles. The molecule has 0 amide bonds. The molecule has 0 aliphatic rings. The number of hydrogen-bond acceptors (Lipinski definition) is 1. The minimum absolute atomic E-state index is 0.173. The van der Waals surface area contributed by atoms with Gasteiger partial charge in [-0.25, -0.2) is 0 Å². The van der Waals surface area contributed by atoms with Gasteiger partial charge in [0.05, 0.1) is 5.41 Å². The van der Waals surface area contributed by atoms with Crippen LogP contribution in [0.3, 0.4) is 0 Å². The average Bonchev–Trinajstić information content (AvgIpc) is 2.47. The molecule has 0 spiro atoms. The Balaban J connectivity index is 2.60. The minimum Gasteiger partial charge on any atom is -0.299 e. The van der Waals surface area contributed by atoms with E-state index < -0.39 is 5.41 Å². The zero-order chi connectivity index (χ0) is 13.9. The number of rotatable bonds is 4. The van der Waals surface area contributed by atoms with Gasteiger partial charge < -0.3 is 0 Å². The van der Waals surface area contributed by atoms with Crippen LogP contribution in [0.5, 0.6) is 0 Å². The van der Waals surface area contributed by atoms with E-state index in [0.717, 1.165) is 17.5 Å². The molecule has 2 aromatic carbocycles. The average molecular weight is 252 g/mol. The molecule has 0 radical (unpaired) electrons. The predicted molar refractivity (Wildman–Crippen MR) is 79.4 cm³/mol. The Bertz CT molecular complexity index is 571. The lowest BCUT2D eigenvalue weighted by atomic mass is 9.73. The first-order chi connectivity index (χ1) is 9.09. The third-order valence-electron chi connectivity index (χ3n) is 3.97. The van der Waals surface area contributed by atoms with Gasteiger partial charge in [-0.3, -0.25) is 4.79 Å². The van der Waals surface area contributed by atoms with Crippen molar-refractivity contribution >= 4 is 5.78 Å². The SMILES string of the molecule is CCc1cccc(C(C)(C(C)=O)c2ccccc2)c1. The summed E-state index contributed by atoms with van der Waals surface area (Å²) in [5.41, 5.74) is 2.83. The molecule has 2 rings (SSSR count). The first kappa shape index (κ1) is 13.5. The summed E-state index contributed by atoms with van der Waals surface area (Å²) >= 11 is 0. The largest absolute Gasteiger partial charge is 0.299 e. The van der Waals surface area contributed by atoms with Crippen molar-refractivity contribution in [3.63, 3.8) is 0 Å². The lowest BCUT2D eigenvalue weighted by molar-refractivity contribution is -0.120. The molecule has 0 N–H and O–H groups in total. The molecule has 98 valence electrons. The molecule has 2 aromatic rings. The number of aryl methyl sites for hydroxylation is 1. The maximum Gasteiger partial charge on any atom is 0.144 e. The standard InChI is InChI=1S/C18H20O/c1-4-15-9-8-12-17(13-15)18(3,14(2)19)16-10-6-5-7-11-16/h5-13H,4H2,1-3H3. The smallest absolute Gasteiger partial charge is 0.144 e. The third kappa shape index (κ3) is 2.46. The molecule has 0 saturated heterocycles. The second-order valence-corrected chi connectivity index (χ2v) is 5.10. The minimum atomic E-state index is -0.563. The van der Waals surface area contributed by atoms with Crippen LogP contribution in [0.4, 0.5) is 0 Å². The number of hydrogen-bond donors (Lipinski definition) is 0. The highest BCUT2D eigenvalue weighted by atomic mass is 16.1. The van der Waals surface area contributed by atoms with Gasteiger partial charge in [0.25, 0.3) is 0 Å². The zero-order valence-electron chi connectivity index (χ0n) is 11.8. The second-order valence-electron chi connectivity index (χ2n) is 5.10. The fourth-order valence-electron chi connectivity index (χ4n) is 2.45. The summed E-state index contributed by atoms with van der Waals surface area (Å²) in [5.74, 6) is 0.173. The quantitative estimate of drug-likeness (QED) is 0.799. The van der Waals surface area contributed by atoms with Crippen LogP contribution in [0.1, 0.15) is 37.5 Å². The van der Waals surface area contributed by atoms with Gasteiger partial charge in [0, 0.05) is 0 Å². The third-order valence-corrected chi connectivity index (χ3v) is 3.97. The van der Waals surface area contributed by atoms with E-state index in [1.165, 1.54) is 5.56 Å². The van der Waals surface area contributed by atoms with Crippen molar-refractivity contribution in [1.29, 1.82) is 0 Å². The summed E-state index contributed by atoms with van der Waals surface area (Å²) in [6.07, 6.45) is 0.983. The second kappa shape index (κ2) is 5.40. The van der Waals surface area contributed by atoms with E-state index in [9.17, 15) is 4.79 Å². The molecule has 1 atom stereocenters. The van der Waals surface area contributed by atoms with Crippen LogP contribution in [0.25, 0.3) is 0 Å². The van der Waals surface area contributed by atoms with Crippen LogP contribution in [-0.4, -0.2) is 5.78 Å². The fraction of sp³-hybridized carbons (Fsp3) is 0.278. The summed E-state index contributed by atoms with van der Waals surface area (Å²) in [7, 11) is 0. The van der Waals surface area contributed by atoms with E-state index >= 15 is 0 Å². The van der Waals surface area contributed by atoms with Crippen LogP contribution >= 0.6 is 0 Å². The summed E-state index contributed by atoms with van der Waals surface area (Å²) in [6, 6.07) is 18.3. The summed E-state index contributed by atoms with van der Waals surface area (Å²) < 4.78 is 0. The highest BCUT2D eigenvalue weighted by Crippen LogP contribution is 2.33. The highest BCUT2D eigenvalue weighted by molar-refractivity contribution is 5.91. The Morgan fingerprint density at radius 3 is 2.21 bits per heavy atom. The molecular formula is C18H20O. The molecule has 1 nitrogen and oxygen atoms in total. The number of carbonyl (C=O) groups excluding carboxylic acids is 1. The number of carbonyl (C=O) groups is 1. The predicted octanol–water partition coefficient (Wildman–Crippen LogP) is 4.14. The number of ketones is 1. The Morgan fingerprint density at radius 1 is 1.00 bits per heavy atom. The normalized spacial score (nSPS) is 13.8. The first-order valence-electron chi connectivity index (χ1n) is 6.75. The van der Waals surface area contributed by atoms with Crippen LogP contribution in [0.15, 0.2) is 54.6 Å². The van der Waals surface area contributed by atoms with Crippen molar-refractivity contribution in [2.45, 2.75) is 32.6 Å². The van der Waals surface area contributed by atoms with Gasteiger partial charge in [-0.1, -0.05) is 61.5 Å². The monoisotopic (exact) mass is 252 g/mol. The van der Waals surface area contributed by atoms with E-state index in [4.69, 9.17) is 0 Å². The molecule has 19 heavy (non-hydrogen) atoms. The van der Waals surface area contributed by atoms with E-state index in [2.05, 4.69) is 19.1 Å². The van der Waals surface area contributed by atoms with Gasteiger partial charge in [0.15, 0.2) is 0 Å². The first-order valence-corrected chi connectivity index (χ1v) is 6.75. The topological polar surface area (TPSA) is 17.1 Å². The molecule has 0 aliphatic heterocycles. The Kier molecular flexibility index (Phi) is 3.84.